The van der Waals surface area contributed by atoms with E-state index in [0.717, 1.165) is 36.8 Å². The first kappa shape index (κ1) is 21.3. The Bertz CT molecular complexity index is 754. The molecule has 1 heterocycles. The summed E-state index contributed by atoms with van der Waals surface area (Å²) in [6.45, 7) is 2.30. The zero-order valence-corrected chi connectivity index (χ0v) is 17.1. The number of nitrogens with zero attached hydrogens (tertiary/aromatic N) is 2. The molecular formula is C22H31FN4O2. The monoisotopic (exact) mass is 402 g/mol. The number of oxazole rings is 1. The van der Waals surface area contributed by atoms with Crippen molar-refractivity contribution in [3.8, 4) is 11.5 Å². The van der Waals surface area contributed by atoms with E-state index in [-0.39, 0.29) is 5.82 Å². The molecule has 0 amide bonds. The number of nitrogens with one attached hydrogen (secondary N) is 2. The molecule has 1 saturated carbocycles. The number of hydrogen-bond donors (Lipinski definition) is 2. The van der Waals surface area contributed by atoms with Crippen molar-refractivity contribution in [2.24, 2.45) is 4.99 Å². The maximum atomic E-state index is 13.0. The molecule has 1 aromatic carbocycles. The summed E-state index contributed by atoms with van der Waals surface area (Å²) < 4.78 is 24.5. The molecule has 0 bridgehead atoms. The number of halogens is 1. The fraction of sp³-hybridized carbons (Fsp3) is 0.545. The van der Waals surface area contributed by atoms with Crippen LogP contribution in [-0.4, -0.2) is 43.8 Å². The molecule has 0 spiro atoms. The predicted octanol–water partition coefficient (Wildman–Crippen LogP) is 3.93. The van der Waals surface area contributed by atoms with E-state index >= 15 is 0 Å². The Labute approximate surface area is 172 Å². The van der Waals surface area contributed by atoms with Gasteiger partial charge in [-0.15, -0.1) is 0 Å². The third-order valence-corrected chi connectivity index (χ3v) is 5.06. The minimum Gasteiger partial charge on any atom is -0.444 e. The van der Waals surface area contributed by atoms with Crippen molar-refractivity contribution in [2.45, 2.75) is 51.0 Å². The summed E-state index contributed by atoms with van der Waals surface area (Å²) in [5.41, 5.74) is 1.60. The minimum atomic E-state index is -0.274. The first-order valence-electron chi connectivity index (χ1n) is 10.5. The van der Waals surface area contributed by atoms with E-state index in [2.05, 4.69) is 20.6 Å². The van der Waals surface area contributed by atoms with Gasteiger partial charge in [-0.05, 0) is 43.5 Å². The van der Waals surface area contributed by atoms with Gasteiger partial charge in [0.05, 0.1) is 11.8 Å². The van der Waals surface area contributed by atoms with Gasteiger partial charge in [-0.1, -0.05) is 19.3 Å². The minimum absolute atomic E-state index is 0.274. The first-order valence-corrected chi connectivity index (χ1v) is 10.5. The molecular weight excluding hydrogens is 371 g/mol. The highest BCUT2D eigenvalue weighted by Gasteiger charge is 2.13. The van der Waals surface area contributed by atoms with Crippen molar-refractivity contribution in [1.29, 1.82) is 0 Å². The standard InChI is InChI=1S/C22H31FN4O2/c1-24-22(25-13-5-15-28-20-6-3-2-4-7-20)26-14-12-19-16-29-21(27-19)17-8-10-18(23)11-9-17/h8-11,16,20H,2-7,12-15H2,1H3,(H2,24,25,26). The Morgan fingerprint density at radius 1 is 1.17 bits per heavy atom. The second-order valence-corrected chi connectivity index (χ2v) is 7.31. The van der Waals surface area contributed by atoms with Crippen LogP contribution in [0.4, 0.5) is 4.39 Å². The molecule has 2 aromatic rings. The molecule has 7 heteroatoms. The molecule has 3 rings (SSSR count). The second kappa shape index (κ2) is 11.6. The summed E-state index contributed by atoms with van der Waals surface area (Å²) in [7, 11) is 1.76. The lowest BCUT2D eigenvalue weighted by Gasteiger charge is -2.22. The van der Waals surface area contributed by atoms with E-state index in [9.17, 15) is 4.39 Å². The number of aromatic nitrogens is 1. The van der Waals surface area contributed by atoms with Crippen LogP contribution in [0.3, 0.4) is 0 Å². The Kier molecular flexibility index (Phi) is 8.49. The van der Waals surface area contributed by atoms with Crippen molar-refractivity contribution >= 4 is 5.96 Å². The molecule has 1 aliphatic rings. The molecule has 1 aromatic heterocycles. The Hall–Kier alpha value is -2.41. The van der Waals surface area contributed by atoms with Crippen molar-refractivity contribution < 1.29 is 13.5 Å². The number of rotatable bonds is 9. The quantitative estimate of drug-likeness (QED) is 0.378. The number of ether oxygens (including phenoxy) is 1. The van der Waals surface area contributed by atoms with Gasteiger partial charge in [0, 0.05) is 38.7 Å². The van der Waals surface area contributed by atoms with E-state index < -0.39 is 0 Å². The fourth-order valence-corrected chi connectivity index (χ4v) is 3.44. The van der Waals surface area contributed by atoms with Gasteiger partial charge in [0.25, 0.3) is 0 Å². The normalized spacial score (nSPS) is 15.4. The Balaban J connectivity index is 1.31. The first-order chi connectivity index (χ1) is 14.2. The zero-order chi connectivity index (χ0) is 20.3. The molecule has 2 N–H and O–H groups in total. The van der Waals surface area contributed by atoms with E-state index in [1.165, 1.54) is 44.2 Å². The van der Waals surface area contributed by atoms with Crippen LogP contribution in [0, 0.1) is 5.82 Å². The topological polar surface area (TPSA) is 71.7 Å². The van der Waals surface area contributed by atoms with Crippen molar-refractivity contribution in [2.75, 3.05) is 26.7 Å². The van der Waals surface area contributed by atoms with Gasteiger partial charge < -0.3 is 19.8 Å². The average Bonchev–Trinajstić information content (AvgIpc) is 3.22. The van der Waals surface area contributed by atoms with E-state index in [0.29, 0.717) is 25.0 Å². The number of hydrogen-bond acceptors (Lipinski definition) is 4. The van der Waals surface area contributed by atoms with E-state index in [1.54, 1.807) is 25.4 Å². The molecule has 0 saturated heterocycles. The molecule has 29 heavy (non-hydrogen) atoms. The molecule has 0 radical (unpaired) electrons. The third-order valence-electron chi connectivity index (χ3n) is 5.06. The SMILES string of the molecule is CN=C(NCCCOC1CCCCC1)NCCc1coc(-c2ccc(F)cc2)n1. The van der Waals surface area contributed by atoms with Crippen LogP contribution in [0.15, 0.2) is 39.9 Å². The Morgan fingerprint density at radius 3 is 2.69 bits per heavy atom. The van der Waals surface area contributed by atoms with Crippen LogP contribution in [0.2, 0.25) is 0 Å². The molecule has 0 aliphatic heterocycles. The zero-order valence-electron chi connectivity index (χ0n) is 17.1. The van der Waals surface area contributed by atoms with Gasteiger partial charge in [0.15, 0.2) is 5.96 Å². The van der Waals surface area contributed by atoms with Crippen LogP contribution in [-0.2, 0) is 11.2 Å². The van der Waals surface area contributed by atoms with Crippen LogP contribution >= 0.6 is 0 Å². The molecule has 0 unspecified atom stereocenters. The summed E-state index contributed by atoms with van der Waals surface area (Å²) in [6, 6.07) is 6.12. The van der Waals surface area contributed by atoms with Crippen LogP contribution in [0.25, 0.3) is 11.5 Å². The number of benzene rings is 1. The highest BCUT2D eigenvalue weighted by atomic mass is 19.1. The predicted molar refractivity (Wildman–Crippen MR) is 112 cm³/mol. The largest absolute Gasteiger partial charge is 0.444 e. The van der Waals surface area contributed by atoms with E-state index in [4.69, 9.17) is 9.15 Å². The molecule has 158 valence electrons. The van der Waals surface area contributed by atoms with Crippen LogP contribution in [0.1, 0.15) is 44.2 Å². The maximum Gasteiger partial charge on any atom is 0.226 e. The summed E-state index contributed by atoms with van der Waals surface area (Å²) in [5, 5.41) is 6.59. The van der Waals surface area contributed by atoms with Gasteiger partial charge in [0.2, 0.25) is 5.89 Å². The number of aliphatic imine (C=N–C) groups is 1. The van der Waals surface area contributed by atoms with Gasteiger partial charge >= 0.3 is 0 Å². The highest BCUT2D eigenvalue weighted by molar-refractivity contribution is 5.79. The Morgan fingerprint density at radius 2 is 1.93 bits per heavy atom. The molecule has 0 atom stereocenters. The van der Waals surface area contributed by atoms with Crippen LogP contribution < -0.4 is 10.6 Å². The van der Waals surface area contributed by atoms with Gasteiger partial charge in [-0.25, -0.2) is 9.37 Å². The molecule has 6 nitrogen and oxygen atoms in total. The average molecular weight is 403 g/mol. The number of guanidine groups is 1. The van der Waals surface area contributed by atoms with Gasteiger partial charge in [-0.3, -0.25) is 4.99 Å². The second-order valence-electron chi connectivity index (χ2n) is 7.31. The smallest absolute Gasteiger partial charge is 0.226 e. The van der Waals surface area contributed by atoms with E-state index in [1.807, 2.05) is 0 Å². The third kappa shape index (κ3) is 7.16. The fourth-order valence-electron chi connectivity index (χ4n) is 3.44. The van der Waals surface area contributed by atoms with Crippen molar-refractivity contribution in [3.05, 3.63) is 42.0 Å². The lowest BCUT2D eigenvalue weighted by Crippen LogP contribution is -2.39. The lowest BCUT2D eigenvalue weighted by molar-refractivity contribution is 0.0277. The molecule has 1 fully saturated rings. The van der Waals surface area contributed by atoms with Gasteiger partial charge in [-0.2, -0.15) is 0 Å². The summed E-state index contributed by atoms with van der Waals surface area (Å²) in [4.78, 5) is 8.70. The van der Waals surface area contributed by atoms with Gasteiger partial charge in [0.1, 0.15) is 12.1 Å². The summed E-state index contributed by atoms with van der Waals surface area (Å²) in [5.74, 6) is 0.995. The lowest BCUT2D eigenvalue weighted by atomic mass is 9.98. The van der Waals surface area contributed by atoms with Crippen LogP contribution in [0.5, 0.6) is 0 Å². The van der Waals surface area contributed by atoms with Crippen molar-refractivity contribution in [3.63, 3.8) is 0 Å². The highest BCUT2D eigenvalue weighted by Crippen LogP contribution is 2.20. The summed E-state index contributed by atoms with van der Waals surface area (Å²) >= 11 is 0. The van der Waals surface area contributed by atoms with Crippen molar-refractivity contribution in [1.82, 2.24) is 15.6 Å². The summed E-state index contributed by atoms with van der Waals surface area (Å²) in [6.07, 6.45) is 10.1. The molecule has 1 aliphatic carbocycles. The maximum absolute atomic E-state index is 13.0.